The zero-order valence-corrected chi connectivity index (χ0v) is 15.1. The molecule has 7 nitrogen and oxygen atoms in total. The molecule has 1 N–H and O–H groups in total. The first-order valence-corrected chi connectivity index (χ1v) is 8.89. The van der Waals surface area contributed by atoms with Gasteiger partial charge in [0.25, 0.3) is 0 Å². The summed E-state index contributed by atoms with van der Waals surface area (Å²) in [5.41, 5.74) is 1.66. The maximum absolute atomic E-state index is 12.7. The van der Waals surface area contributed by atoms with E-state index < -0.39 is 17.8 Å². The number of amides is 2. The van der Waals surface area contributed by atoms with Gasteiger partial charge >= 0.3 is 17.8 Å². The lowest BCUT2D eigenvalue weighted by Gasteiger charge is -2.24. The molecule has 27 heavy (non-hydrogen) atoms. The number of nitrogens with one attached hydrogen (secondary N) is 1. The van der Waals surface area contributed by atoms with Crippen molar-refractivity contribution in [2.45, 2.75) is 25.8 Å². The monoisotopic (exact) mass is 367 g/mol. The largest absolute Gasteiger partial charge is 0.462 e. The summed E-state index contributed by atoms with van der Waals surface area (Å²) in [6.45, 7) is 2.51. The zero-order chi connectivity index (χ0) is 19.2. The lowest BCUT2D eigenvalue weighted by molar-refractivity contribution is -0.143. The first-order chi connectivity index (χ1) is 13.1. The number of likely N-dealkylation sites (tertiary alicyclic amines) is 1. The van der Waals surface area contributed by atoms with Crippen LogP contribution in [0, 0.1) is 0 Å². The molecule has 1 atom stereocenters. The van der Waals surface area contributed by atoms with Crippen molar-refractivity contribution in [1.82, 2.24) is 9.88 Å². The normalized spacial score (nSPS) is 16.0. The van der Waals surface area contributed by atoms with Gasteiger partial charge < -0.3 is 15.0 Å². The number of anilines is 1. The summed E-state index contributed by atoms with van der Waals surface area (Å²) in [5, 5.41) is 2.58. The highest BCUT2D eigenvalue weighted by molar-refractivity contribution is 6.39. The van der Waals surface area contributed by atoms with Gasteiger partial charge in [0, 0.05) is 24.6 Å². The van der Waals surface area contributed by atoms with Crippen molar-refractivity contribution in [3.05, 3.63) is 59.9 Å². The maximum atomic E-state index is 12.7. The van der Waals surface area contributed by atoms with Gasteiger partial charge in [0.2, 0.25) is 0 Å². The molecule has 0 radical (unpaired) electrons. The molecule has 0 unspecified atom stereocenters. The number of hydrogen-bond donors (Lipinski definition) is 1. The van der Waals surface area contributed by atoms with Crippen LogP contribution in [0.5, 0.6) is 0 Å². The molecular weight excluding hydrogens is 346 g/mol. The minimum absolute atomic E-state index is 0.128. The molecule has 0 spiro atoms. The number of pyridine rings is 1. The van der Waals surface area contributed by atoms with Gasteiger partial charge in [-0.2, -0.15) is 0 Å². The first kappa shape index (κ1) is 18.6. The molecule has 7 heteroatoms. The molecule has 2 amide bonds. The summed E-state index contributed by atoms with van der Waals surface area (Å²) >= 11 is 0. The third kappa shape index (κ3) is 4.31. The van der Waals surface area contributed by atoms with Crippen molar-refractivity contribution in [3.63, 3.8) is 0 Å². The van der Waals surface area contributed by atoms with Crippen LogP contribution < -0.4 is 5.32 Å². The summed E-state index contributed by atoms with van der Waals surface area (Å²) in [4.78, 5) is 42.5. The molecule has 1 saturated heterocycles. The molecule has 0 saturated carbocycles. The van der Waals surface area contributed by atoms with Crippen molar-refractivity contribution >= 4 is 23.5 Å². The van der Waals surface area contributed by atoms with Crippen LogP contribution in [0.2, 0.25) is 0 Å². The minimum atomic E-state index is -0.725. The Morgan fingerprint density at radius 2 is 2.00 bits per heavy atom. The molecule has 1 aromatic carbocycles. The second-order valence-corrected chi connectivity index (χ2v) is 6.19. The molecule has 1 aromatic heterocycles. The number of carbonyl (C=O) groups excluding carboxylic acids is 3. The summed E-state index contributed by atoms with van der Waals surface area (Å²) < 4.78 is 4.95. The summed E-state index contributed by atoms with van der Waals surface area (Å²) in [5.74, 6) is -1.79. The fourth-order valence-corrected chi connectivity index (χ4v) is 3.20. The molecule has 1 aliphatic rings. The fraction of sp³-hybridized carbons (Fsp3) is 0.300. The van der Waals surface area contributed by atoms with Crippen molar-refractivity contribution in [3.8, 4) is 0 Å². The molecule has 2 aromatic rings. The van der Waals surface area contributed by atoms with E-state index in [9.17, 15) is 14.4 Å². The van der Waals surface area contributed by atoms with E-state index in [1.165, 1.54) is 6.07 Å². The molecular formula is C20H21N3O4. The Morgan fingerprint density at radius 3 is 2.74 bits per heavy atom. The second-order valence-electron chi connectivity index (χ2n) is 6.19. The van der Waals surface area contributed by atoms with Gasteiger partial charge in [-0.3, -0.25) is 14.6 Å². The molecule has 3 rings (SSSR count). The maximum Gasteiger partial charge on any atom is 0.338 e. The Morgan fingerprint density at radius 1 is 1.22 bits per heavy atom. The van der Waals surface area contributed by atoms with E-state index in [0.29, 0.717) is 17.8 Å². The predicted octanol–water partition coefficient (Wildman–Crippen LogP) is 2.56. The lowest BCUT2D eigenvalue weighted by Crippen LogP contribution is -2.39. The number of benzene rings is 1. The van der Waals surface area contributed by atoms with Crippen LogP contribution >= 0.6 is 0 Å². The topological polar surface area (TPSA) is 88.6 Å². The van der Waals surface area contributed by atoms with Crippen LogP contribution in [0.25, 0.3) is 0 Å². The molecule has 0 bridgehead atoms. The standard InChI is InChI=1S/C20H21N3O4/c1-2-27-20(26)15-5-3-6-16(13-15)22-18(24)19(25)23-12-4-7-17(23)14-8-10-21-11-9-14/h3,5-6,8-11,13,17H,2,4,7,12H2,1H3,(H,22,24)/t17-/m0/s1. The molecule has 1 fully saturated rings. The smallest absolute Gasteiger partial charge is 0.338 e. The van der Waals surface area contributed by atoms with Gasteiger partial charge in [0.15, 0.2) is 0 Å². The quantitative estimate of drug-likeness (QED) is 0.663. The number of nitrogens with zero attached hydrogens (tertiary/aromatic N) is 2. The Kier molecular flexibility index (Phi) is 5.80. The lowest BCUT2D eigenvalue weighted by atomic mass is 10.1. The average molecular weight is 367 g/mol. The van der Waals surface area contributed by atoms with Crippen LogP contribution in [-0.2, 0) is 14.3 Å². The van der Waals surface area contributed by atoms with E-state index in [0.717, 1.165) is 18.4 Å². The van der Waals surface area contributed by atoms with E-state index in [2.05, 4.69) is 10.3 Å². The van der Waals surface area contributed by atoms with Crippen LogP contribution in [-0.4, -0.2) is 40.8 Å². The molecule has 0 aliphatic carbocycles. The van der Waals surface area contributed by atoms with Crippen molar-refractivity contribution < 1.29 is 19.1 Å². The minimum Gasteiger partial charge on any atom is -0.462 e. The predicted molar refractivity (Wildman–Crippen MR) is 99.0 cm³/mol. The van der Waals surface area contributed by atoms with Gasteiger partial charge in [0.1, 0.15) is 0 Å². The van der Waals surface area contributed by atoms with Crippen LogP contribution in [0.1, 0.15) is 41.7 Å². The van der Waals surface area contributed by atoms with Gasteiger partial charge in [-0.25, -0.2) is 4.79 Å². The summed E-state index contributed by atoms with van der Waals surface area (Å²) in [6, 6.07) is 9.93. The highest BCUT2D eigenvalue weighted by atomic mass is 16.5. The Labute approximate surface area is 157 Å². The number of hydrogen-bond acceptors (Lipinski definition) is 5. The van der Waals surface area contributed by atoms with Gasteiger partial charge in [0.05, 0.1) is 18.2 Å². The Bertz CT molecular complexity index is 838. The first-order valence-electron chi connectivity index (χ1n) is 8.89. The average Bonchev–Trinajstić information content (AvgIpc) is 3.18. The Balaban J connectivity index is 1.70. The molecule has 2 heterocycles. The van der Waals surface area contributed by atoms with Crippen LogP contribution in [0.3, 0.4) is 0 Å². The second kappa shape index (κ2) is 8.44. The summed E-state index contributed by atoms with van der Waals surface area (Å²) in [6.07, 6.45) is 5.00. The molecule has 140 valence electrons. The third-order valence-electron chi connectivity index (χ3n) is 4.43. The third-order valence-corrected chi connectivity index (χ3v) is 4.43. The van der Waals surface area contributed by atoms with Gasteiger partial charge in [-0.05, 0) is 55.7 Å². The van der Waals surface area contributed by atoms with Crippen molar-refractivity contribution in [2.24, 2.45) is 0 Å². The number of ether oxygens (including phenoxy) is 1. The number of carbonyl (C=O) groups is 3. The number of rotatable bonds is 4. The number of esters is 1. The van der Waals surface area contributed by atoms with E-state index >= 15 is 0 Å². The van der Waals surface area contributed by atoms with Crippen LogP contribution in [0.4, 0.5) is 5.69 Å². The molecule has 1 aliphatic heterocycles. The van der Waals surface area contributed by atoms with Crippen molar-refractivity contribution in [2.75, 3.05) is 18.5 Å². The SMILES string of the molecule is CCOC(=O)c1cccc(NC(=O)C(=O)N2CCC[C@H]2c2ccncc2)c1. The highest BCUT2D eigenvalue weighted by Crippen LogP contribution is 2.31. The Hall–Kier alpha value is -3.22. The van der Waals surface area contributed by atoms with Gasteiger partial charge in [-0.15, -0.1) is 0 Å². The van der Waals surface area contributed by atoms with E-state index in [4.69, 9.17) is 4.74 Å². The van der Waals surface area contributed by atoms with Gasteiger partial charge in [-0.1, -0.05) is 6.07 Å². The fourth-order valence-electron chi connectivity index (χ4n) is 3.20. The van der Waals surface area contributed by atoms with Crippen molar-refractivity contribution in [1.29, 1.82) is 0 Å². The van der Waals surface area contributed by atoms with E-state index in [-0.39, 0.29) is 12.6 Å². The zero-order valence-electron chi connectivity index (χ0n) is 15.1. The number of aromatic nitrogens is 1. The highest BCUT2D eigenvalue weighted by Gasteiger charge is 2.33. The van der Waals surface area contributed by atoms with E-state index in [1.807, 2.05) is 12.1 Å². The van der Waals surface area contributed by atoms with E-state index in [1.54, 1.807) is 42.4 Å². The van der Waals surface area contributed by atoms with Crippen LogP contribution in [0.15, 0.2) is 48.8 Å². The summed E-state index contributed by atoms with van der Waals surface area (Å²) in [7, 11) is 0.